The van der Waals surface area contributed by atoms with Gasteiger partial charge in [0.15, 0.2) is 5.79 Å². The number of piperidine rings is 1. The number of hydrogen-bond donors (Lipinski definition) is 2. The predicted molar refractivity (Wildman–Crippen MR) is 90.2 cm³/mol. The summed E-state index contributed by atoms with van der Waals surface area (Å²) < 4.78 is 12.2. The van der Waals surface area contributed by atoms with Crippen LogP contribution >= 0.6 is 0 Å². The Balaban J connectivity index is 1.67. The molecule has 2 aromatic rings. The Morgan fingerprint density at radius 2 is 1.88 bits per heavy atom. The molecule has 0 bridgehead atoms. The highest BCUT2D eigenvalue weighted by Crippen LogP contribution is 2.42. The van der Waals surface area contributed by atoms with Gasteiger partial charge < -0.3 is 19.6 Å². The van der Waals surface area contributed by atoms with Crippen molar-refractivity contribution < 1.29 is 14.6 Å². The quantitative estimate of drug-likeness (QED) is 0.909. The third-order valence-electron chi connectivity index (χ3n) is 4.84. The van der Waals surface area contributed by atoms with Crippen LogP contribution in [0.15, 0.2) is 48.7 Å². The zero-order chi connectivity index (χ0) is 16.7. The molecule has 2 N–H and O–H groups in total. The number of nitrogens with zero attached hydrogens (tertiary/aromatic N) is 1. The molecule has 1 aromatic heterocycles. The van der Waals surface area contributed by atoms with Crippen molar-refractivity contribution in [3.63, 3.8) is 0 Å². The van der Waals surface area contributed by atoms with E-state index in [0.29, 0.717) is 6.54 Å². The van der Waals surface area contributed by atoms with Crippen LogP contribution < -0.4 is 0 Å². The molecule has 3 heterocycles. The van der Waals surface area contributed by atoms with Crippen LogP contribution in [0.25, 0.3) is 0 Å². The number of aromatic nitrogens is 1. The highest BCUT2D eigenvalue weighted by molar-refractivity contribution is 5.19. The molecule has 1 aromatic carbocycles. The maximum Gasteiger partial charge on any atom is 0.163 e. The Bertz CT molecular complexity index is 671. The minimum Gasteiger partial charge on any atom is -0.389 e. The summed E-state index contributed by atoms with van der Waals surface area (Å²) in [6, 6.07) is 14.4. The lowest BCUT2D eigenvalue weighted by atomic mass is 9.91. The van der Waals surface area contributed by atoms with Crippen molar-refractivity contribution in [1.29, 1.82) is 0 Å². The van der Waals surface area contributed by atoms with E-state index in [-0.39, 0.29) is 18.2 Å². The van der Waals surface area contributed by atoms with Gasteiger partial charge in [-0.25, -0.2) is 0 Å². The summed E-state index contributed by atoms with van der Waals surface area (Å²) >= 11 is 0. The second-order valence-electron chi connectivity index (χ2n) is 7.12. The van der Waals surface area contributed by atoms with Crippen LogP contribution in [0.2, 0.25) is 0 Å². The number of likely N-dealkylation sites (tertiary alicyclic amines) is 1. The molecule has 128 valence electrons. The van der Waals surface area contributed by atoms with Crippen LogP contribution in [-0.2, 0) is 16.0 Å². The molecular weight excluding hydrogens is 304 g/mol. The molecule has 0 spiro atoms. The molecular formula is C19H24N2O3. The molecule has 2 aliphatic heterocycles. The largest absolute Gasteiger partial charge is 0.389 e. The van der Waals surface area contributed by atoms with Crippen molar-refractivity contribution in [3.8, 4) is 0 Å². The molecule has 4 atom stereocenters. The molecule has 4 rings (SSSR count). The lowest BCUT2D eigenvalue weighted by Crippen LogP contribution is -2.55. The van der Waals surface area contributed by atoms with Gasteiger partial charge in [0.1, 0.15) is 12.2 Å². The first-order chi connectivity index (χ1) is 11.5. The summed E-state index contributed by atoms with van der Waals surface area (Å²) in [7, 11) is 0. The van der Waals surface area contributed by atoms with Crippen molar-refractivity contribution in [2.75, 3.05) is 6.54 Å². The van der Waals surface area contributed by atoms with Crippen LogP contribution in [-0.4, -0.2) is 45.6 Å². The SMILES string of the molecule is CC1(C)O[C@@H]2[C@H](O1)[C@H](O)CN(Cc1ccccc1)[C@H]2c1ccc[nH]1. The van der Waals surface area contributed by atoms with E-state index in [1.165, 1.54) is 5.56 Å². The minimum absolute atomic E-state index is 0.0235. The smallest absolute Gasteiger partial charge is 0.163 e. The topological polar surface area (TPSA) is 57.7 Å². The van der Waals surface area contributed by atoms with E-state index in [4.69, 9.17) is 9.47 Å². The van der Waals surface area contributed by atoms with Crippen LogP contribution in [0.3, 0.4) is 0 Å². The maximum absolute atomic E-state index is 10.6. The summed E-state index contributed by atoms with van der Waals surface area (Å²) in [5, 5.41) is 10.6. The van der Waals surface area contributed by atoms with Gasteiger partial charge in [0, 0.05) is 25.0 Å². The Morgan fingerprint density at radius 3 is 2.58 bits per heavy atom. The van der Waals surface area contributed by atoms with E-state index in [1.54, 1.807) is 0 Å². The number of aliphatic hydroxyl groups excluding tert-OH is 1. The van der Waals surface area contributed by atoms with Crippen molar-refractivity contribution in [3.05, 3.63) is 59.9 Å². The minimum atomic E-state index is -0.677. The molecule has 2 aliphatic rings. The van der Waals surface area contributed by atoms with E-state index < -0.39 is 11.9 Å². The third kappa shape index (κ3) is 2.89. The van der Waals surface area contributed by atoms with Crippen LogP contribution in [0, 0.1) is 0 Å². The van der Waals surface area contributed by atoms with E-state index in [1.807, 2.05) is 44.3 Å². The van der Waals surface area contributed by atoms with Gasteiger partial charge in [0.25, 0.3) is 0 Å². The normalized spacial score (nSPS) is 32.6. The number of aliphatic hydroxyl groups is 1. The Hall–Kier alpha value is -1.66. The van der Waals surface area contributed by atoms with Gasteiger partial charge in [0.05, 0.1) is 12.1 Å². The fraction of sp³-hybridized carbons (Fsp3) is 0.474. The van der Waals surface area contributed by atoms with Gasteiger partial charge in [-0.1, -0.05) is 30.3 Å². The fourth-order valence-electron chi connectivity index (χ4n) is 3.91. The van der Waals surface area contributed by atoms with Crippen LogP contribution in [0.1, 0.15) is 31.1 Å². The van der Waals surface area contributed by atoms with Crippen molar-refractivity contribution in [2.45, 2.75) is 50.5 Å². The number of benzene rings is 1. The number of ether oxygens (including phenoxy) is 2. The van der Waals surface area contributed by atoms with E-state index in [9.17, 15) is 5.11 Å². The van der Waals surface area contributed by atoms with Gasteiger partial charge in [-0.15, -0.1) is 0 Å². The van der Waals surface area contributed by atoms with Gasteiger partial charge >= 0.3 is 0 Å². The van der Waals surface area contributed by atoms with Gasteiger partial charge in [-0.3, -0.25) is 4.90 Å². The number of rotatable bonds is 3. The van der Waals surface area contributed by atoms with Crippen molar-refractivity contribution >= 4 is 0 Å². The number of hydrogen-bond acceptors (Lipinski definition) is 4. The summed E-state index contributed by atoms with van der Waals surface area (Å²) in [4.78, 5) is 5.59. The third-order valence-corrected chi connectivity index (χ3v) is 4.84. The Kier molecular flexibility index (Phi) is 3.96. The molecule has 0 unspecified atom stereocenters. The lowest BCUT2D eigenvalue weighted by Gasteiger charge is -2.43. The molecule has 0 saturated carbocycles. The molecule has 2 fully saturated rings. The van der Waals surface area contributed by atoms with Crippen LogP contribution in [0.4, 0.5) is 0 Å². The number of H-pyrrole nitrogens is 1. The first kappa shape index (κ1) is 15.8. The number of fused-ring (bicyclic) bond motifs is 1. The molecule has 0 aliphatic carbocycles. The summed E-state index contributed by atoms with van der Waals surface area (Å²) in [5.74, 6) is -0.677. The predicted octanol–water partition coefficient (Wildman–Crippen LogP) is 2.45. The van der Waals surface area contributed by atoms with Crippen molar-refractivity contribution in [1.82, 2.24) is 9.88 Å². The molecule has 5 nitrogen and oxygen atoms in total. The van der Waals surface area contributed by atoms with E-state index >= 15 is 0 Å². The number of β-amino-alcohol motifs (C(OH)–C–C–N with tert-alkyl or cyclic N) is 1. The van der Waals surface area contributed by atoms with Crippen LogP contribution in [0.5, 0.6) is 0 Å². The molecule has 5 heteroatoms. The summed E-state index contributed by atoms with van der Waals surface area (Å²) in [6.07, 6.45) is 0.856. The number of aromatic amines is 1. The first-order valence-electron chi connectivity index (χ1n) is 8.48. The van der Waals surface area contributed by atoms with E-state index in [0.717, 1.165) is 12.2 Å². The second kappa shape index (κ2) is 6.01. The highest BCUT2D eigenvalue weighted by atomic mass is 16.8. The standard InChI is InChI=1S/C19H24N2O3/c1-19(2)23-17-15(22)12-21(11-13-7-4-3-5-8-13)16(18(17)24-19)14-9-6-10-20-14/h3-10,15-18,20,22H,11-12H2,1-2H3/t15-,16+,17-,18+/m1/s1. The molecule has 0 radical (unpaired) electrons. The molecule has 2 saturated heterocycles. The van der Waals surface area contributed by atoms with Crippen molar-refractivity contribution in [2.24, 2.45) is 0 Å². The van der Waals surface area contributed by atoms with Gasteiger partial charge in [0.2, 0.25) is 0 Å². The summed E-state index contributed by atoms with van der Waals surface area (Å²) in [6.45, 7) is 5.13. The van der Waals surface area contributed by atoms with Gasteiger partial charge in [-0.2, -0.15) is 0 Å². The van der Waals surface area contributed by atoms with Gasteiger partial charge in [-0.05, 0) is 31.5 Å². The number of nitrogens with one attached hydrogen (secondary N) is 1. The molecule has 0 amide bonds. The molecule has 24 heavy (non-hydrogen) atoms. The average molecular weight is 328 g/mol. The monoisotopic (exact) mass is 328 g/mol. The fourth-order valence-corrected chi connectivity index (χ4v) is 3.91. The zero-order valence-corrected chi connectivity index (χ0v) is 14.1. The maximum atomic E-state index is 10.6. The lowest BCUT2D eigenvalue weighted by molar-refractivity contribution is -0.153. The first-order valence-corrected chi connectivity index (χ1v) is 8.48. The Morgan fingerprint density at radius 1 is 1.12 bits per heavy atom. The summed E-state index contributed by atoms with van der Waals surface area (Å²) in [5.41, 5.74) is 2.31. The second-order valence-corrected chi connectivity index (χ2v) is 7.12. The Labute approximate surface area is 142 Å². The average Bonchev–Trinajstić information content (AvgIpc) is 3.16. The van der Waals surface area contributed by atoms with E-state index in [2.05, 4.69) is 28.1 Å². The highest BCUT2D eigenvalue weighted by Gasteiger charge is 2.53. The zero-order valence-electron chi connectivity index (χ0n) is 14.1.